The average Bonchev–Trinajstić information content (AvgIpc) is 3.30. The Hall–Kier alpha value is -3.14. The molecule has 1 unspecified atom stereocenters. The highest BCUT2D eigenvalue weighted by Gasteiger charge is 2.33. The van der Waals surface area contributed by atoms with Crippen molar-refractivity contribution in [3.63, 3.8) is 0 Å². The molecule has 2 heterocycles. The Bertz CT molecular complexity index is 1060. The minimum atomic E-state index is -1.22. The number of rotatable bonds is 11. The molecule has 1 aromatic heterocycles. The Morgan fingerprint density at radius 2 is 2.06 bits per heavy atom. The molecule has 1 atom stereocenters. The Morgan fingerprint density at radius 3 is 2.86 bits per heavy atom. The van der Waals surface area contributed by atoms with Gasteiger partial charge in [0.05, 0.1) is 26.9 Å². The molecule has 188 valence electrons. The second-order valence-corrected chi connectivity index (χ2v) is 8.69. The number of halogens is 1. The second-order valence-electron chi connectivity index (χ2n) is 8.69. The summed E-state index contributed by atoms with van der Waals surface area (Å²) in [5.41, 5.74) is -0.189. The molecule has 0 bridgehead atoms. The van der Waals surface area contributed by atoms with Crippen LogP contribution in [0.25, 0.3) is 0 Å². The normalized spacial score (nSPS) is 18.7. The Morgan fingerprint density at radius 1 is 1.14 bits per heavy atom. The first-order valence-corrected chi connectivity index (χ1v) is 11.7. The predicted molar refractivity (Wildman–Crippen MR) is 128 cm³/mol. The van der Waals surface area contributed by atoms with Crippen molar-refractivity contribution in [3.8, 4) is 17.2 Å². The van der Waals surface area contributed by atoms with Crippen molar-refractivity contribution in [2.75, 3.05) is 46.6 Å². The Balaban J connectivity index is 1.32. The quantitative estimate of drug-likeness (QED) is 0.418. The van der Waals surface area contributed by atoms with Crippen molar-refractivity contribution in [2.45, 2.75) is 25.1 Å². The molecular weight excluding hydrogens is 453 g/mol. The number of β-amino-alcohol motifs (C(OH)–C–C–N with tert-alkyl or cyclic N) is 1. The first-order valence-electron chi connectivity index (χ1n) is 11.7. The molecule has 1 fully saturated rings. The van der Waals surface area contributed by atoms with E-state index in [9.17, 15) is 9.50 Å². The van der Waals surface area contributed by atoms with Crippen LogP contribution in [0, 0.1) is 5.82 Å². The highest BCUT2D eigenvalue weighted by atomic mass is 19.1. The van der Waals surface area contributed by atoms with Gasteiger partial charge in [-0.15, -0.1) is 0 Å². The zero-order valence-electron chi connectivity index (χ0n) is 19.9. The molecule has 1 aliphatic heterocycles. The molecule has 3 aromatic rings. The Kier molecular flexibility index (Phi) is 8.57. The lowest BCUT2D eigenvalue weighted by Gasteiger charge is -2.30. The Labute approximate surface area is 204 Å². The van der Waals surface area contributed by atoms with Crippen LogP contribution in [0.3, 0.4) is 0 Å². The smallest absolute Gasteiger partial charge is 0.161 e. The van der Waals surface area contributed by atoms with Crippen LogP contribution in [-0.2, 0) is 17.8 Å². The lowest BCUT2D eigenvalue weighted by atomic mass is 10.1. The monoisotopic (exact) mass is 485 g/mol. The topological polar surface area (TPSA) is 78.2 Å². The molecule has 1 aliphatic rings. The summed E-state index contributed by atoms with van der Waals surface area (Å²) in [5.74, 6) is 1.35. The lowest BCUT2D eigenvalue weighted by molar-refractivity contribution is -0.0647. The first kappa shape index (κ1) is 25.0. The lowest BCUT2D eigenvalue weighted by Crippen LogP contribution is -2.48. The molecule has 1 N–H and O–H groups in total. The molecule has 0 radical (unpaired) electrons. The minimum Gasteiger partial charge on any atom is -0.493 e. The second kappa shape index (κ2) is 12.0. The highest BCUT2D eigenvalue weighted by Crippen LogP contribution is 2.29. The maximum Gasteiger partial charge on any atom is 0.161 e. The summed E-state index contributed by atoms with van der Waals surface area (Å²) in [6.07, 6.45) is 4.52. The van der Waals surface area contributed by atoms with Gasteiger partial charge in [-0.3, -0.25) is 9.58 Å². The minimum absolute atomic E-state index is 0.00157. The maximum atomic E-state index is 13.4. The van der Waals surface area contributed by atoms with Gasteiger partial charge in [0.2, 0.25) is 0 Å². The number of benzene rings is 2. The summed E-state index contributed by atoms with van der Waals surface area (Å²) in [6.45, 7) is 3.60. The summed E-state index contributed by atoms with van der Waals surface area (Å²) in [5, 5.41) is 15.3. The fourth-order valence-corrected chi connectivity index (χ4v) is 4.02. The molecule has 8 nitrogen and oxygen atoms in total. The molecule has 1 saturated heterocycles. The van der Waals surface area contributed by atoms with Gasteiger partial charge in [-0.2, -0.15) is 5.10 Å². The number of aromatic nitrogens is 2. The van der Waals surface area contributed by atoms with Crippen LogP contribution < -0.4 is 14.2 Å². The molecule has 0 saturated carbocycles. The summed E-state index contributed by atoms with van der Waals surface area (Å²) >= 11 is 0. The number of nitrogens with zero attached hydrogens (tertiary/aromatic N) is 3. The van der Waals surface area contributed by atoms with E-state index < -0.39 is 5.60 Å². The van der Waals surface area contributed by atoms with E-state index in [0.29, 0.717) is 50.1 Å². The fraction of sp³-hybridized carbons (Fsp3) is 0.423. The highest BCUT2D eigenvalue weighted by molar-refractivity contribution is 5.43. The van der Waals surface area contributed by atoms with Crippen molar-refractivity contribution < 1.29 is 28.4 Å². The first-order chi connectivity index (χ1) is 17.0. The molecular formula is C26H32FN3O5. The van der Waals surface area contributed by atoms with E-state index in [1.54, 1.807) is 25.4 Å². The average molecular weight is 486 g/mol. The van der Waals surface area contributed by atoms with E-state index in [0.717, 1.165) is 18.5 Å². The van der Waals surface area contributed by atoms with Crippen LogP contribution >= 0.6 is 0 Å². The maximum absolute atomic E-state index is 13.4. The molecule has 35 heavy (non-hydrogen) atoms. The van der Waals surface area contributed by atoms with Crippen LogP contribution in [-0.4, -0.2) is 72.0 Å². The van der Waals surface area contributed by atoms with Crippen LogP contribution in [0.2, 0.25) is 0 Å². The zero-order chi connectivity index (χ0) is 24.5. The van der Waals surface area contributed by atoms with Gasteiger partial charge in [-0.1, -0.05) is 12.1 Å². The van der Waals surface area contributed by atoms with E-state index in [1.165, 1.54) is 12.1 Å². The van der Waals surface area contributed by atoms with Gasteiger partial charge >= 0.3 is 0 Å². The van der Waals surface area contributed by atoms with Gasteiger partial charge in [0.25, 0.3) is 0 Å². The van der Waals surface area contributed by atoms with E-state index >= 15 is 0 Å². The van der Waals surface area contributed by atoms with Crippen molar-refractivity contribution in [2.24, 2.45) is 0 Å². The van der Waals surface area contributed by atoms with Gasteiger partial charge in [-0.25, -0.2) is 4.39 Å². The van der Waals surface area contributed by atoms with Crippen LogP contribution in [0.15, 0.2) is 60.9 Å². The predicted octanol–water partition coefficient (Wildman–Crippen LogP) is 3.14. The van der Waals surface area contributed by atoms with Gasteiger partial charge < -0.3 is 24.1 Å². The van der Waals surface area contributed by atoms with Crippen LogP contribution in [0.1, 0.15) is 12.0 Å². The number of aliphatic hydroxyl groups is 1. The largest absolute Gasteiger partial charge is 0.493 e. The van der Waals surface area contributed by atoms with E-state index in [4.69, 9.17) is 18.9 Å². The third kappa shape index (κ3) is 7.42. The number of hydrogen-bond donors (Lipinski definition) is 1. The van der Waals surface area contributed by atoms with Gasteiger partial charge in [0.1, 0.15) is 23.8 Å². The molecule has 9 heteroatoms. The SMILES string of the molecule is COc1cc(CN2CCOCC(O)(COc3cccc(F)c3)C2)ccc1OCCCn1cccn1. The van der Waals surface area contributed by atoms with E-state index in [2.05, 4.69) is 10.00 Å². The summed E-state index contributed by atoms with van der Waals surface area (Å²) in [4.78, 5) is 2.11. The van der Waals surface area contributed by atoms with Gasteiger partial charge in [0.15, 0.2) is 11.5 Å². The molecule has 4 rings (SSSR count). The van der Waals surface area contributed by atoms with Crippen LogP contribution in [0.4, 0.5) is 4.39 Å². The summed E-state index contributed by atoms with van der Waals surface area (Å²) < 4.78 is 38.1. The number of methoxy groups -OCH3 is 1. The summed E-state index contributed by atoms with van der Waals surface area (Å²) in [7, 11) is 1.62. The fourth-order valence-electron chi connectivity index (χ4n) is 4.02. The number of hydrogen-bond acceptors (Lipinski definition) is 7. The number of aryl methyl sites for hydroxylation is 1. The van der Waals surface area contributed by atoms with Crippen LogP contribution in [0.5, 0.6) is 17.2 Å². The van der Waals surface area contributed by atoms with E-state index in [1.807, 2.05) is 35.1 Å². The number of ether oxygens (including phenoxy) is 4. The van der Waals surface area contributed by atoms with Gasteiger partial charge in [0, 0.05) is 51.1 Å². The third-order valence-corrected chi connectivity index (χ3v) is 5.73. The van der Waals surface area contributed by atoms with Crippen molar-refractivity contribution >= 4 is 0 Å². The molecule has 2 aromatic carbocycles. The van der Waals surface area contributed by atoms with Gasteiger partial charge in [-0.05, 0) is 35.9 Å². The van der Waals surface area contributed by atoms with E-state index in [-0.39, 0.29) is 19.0 Å². The molecule has 0 amide bonds. The van der Waals surface area contributed by atoms with Crippen molar-refractivity contribution in [3.05, 3.63) is 72.3 Å². The van der Waals surface area contributed by atoms with Crippen molar-refractivity contribution in [1.82, 2.24) is 14.7 Å². The zero-order valence-corrected chi connectivity index (χ0v) is 19.9. The third-order valence-electron chi connectivity index (χ3n) is 5.73. The van der Waals surface area contributed by atoms with Crippen molar-refractivity contribution in [1.29, 1.82) is 0 Å². The molecule has 0 spiro atoms. The standard InChI is InChI=1S/C26H32FN3O5/c1-32-25-15-21(7-8-24(25)34-13-4-11-30-10-3-9-28-30)17-29-12-14-33-19-26(31,18-29)20-35-23-6-2-5-22(27)16-23/h2-3,5-10,15-16,31H,4,11-14,17-20H2,1H3. The summed E-state index contributed by atoms with van der Waals surface area (Å²) in [6, 6.07) is 13.7. The molecule has 0 aliphatic carbocycles.